The number of esters is 1. The van der Waals surface area contributed by atoms with Gasteiger partial charge in [0, 0.05) is 17.0 Å². The first kappa shape index (κ1) is 14.4. The van der Waals surface area contributed by atoms with E-state index in [4.69, 9.17) is 14.6 Å². The Morgan fingerprint density at radius 3 is 2.85 bits per heavy atom. The molecule has 0 spiro atoms. The Balaban J connectivity index is 2.00. The number of hydrogen-bond acceptors (Lipinski definition) is 5. The smallest absolute Gasteiger partial charge is 0.354 e. The number of carbonyl (C=O) groups excluding carboxylic acids is 1. The van der Waals surface area contributed by atoms with Gasteiger partial charge in [0.2, 0.25) is 0 Å². The van der Waals surface area contributed by atoms with Crippen LogP contribution in [-0.4, -0.2) is 49.6 Å². The summed E-state index contributed by atoms with van der Waals surface area (Å²) >= 11 is 0. The van der Waals surface area contributed by atoms with Crippen molar-refractivity contribution in [1.29, 1.82) is 0 Å². The fraction of sp³-hybridized carbons (Fsp3) is 0.357. The molecule has 20 heavy (non-hydrogen) atoms. The van der Waals surface area contributed by atoms with Crippen LogP contribution in [0.4, 0.5) is 0 Å². The van der Waals surface area contributed by atoms with Crippen molar-refractivity contribution in [3.05, 3.63) is 30.0 Å². The molecular weight excluding hydrogens is 262 g/mol. The molecule has 2 N–H and O–H groups in total. The van der Waals surface area contributed by atoms with Gasteiger partial charge < -0.3 is 24.3 Å². The van der Waals surface area contributed by atoms with Crippen LogP contribution in [0.1, 0.15) is 10.5 Å². The molecule has 0 fully saturated rings. The number of aromatic amines is 1. The van der Waals surface area contributed by atoms with Gasteiger partial charge in [0.05, 0.1) is 26.9 Å². The van der Waals surface area contributed by atoms with Crippen LogP contribution in [0.2, 0.25) is 0 Å². The number of aromatic nitrogens is 1. The van der Waals surface area contributed by atoms with Crippen LogP contribution >= 0.6 is 0 Å². The Hall–Kier alpha value is -2.05. The molecule has 0 saturated carbocycles. The highest BCUT2D eigenvalue weighted by molar-refractivity contribution is 5.95. The predicted molar refractivity (Wildman–Crippen MR) is 73.0 cm³/mol. The maximum atomic E-state index is 11.4. The normalized spacial score (nSPS) is 10.7. The molecule has 0 atom stereocenters. The second-order valence-corrected chi connectivity index (χ2v) is 4.11. The number of aliphatic hydroxyl groups is 1. The van der Waals surface area contributed by atoms with Gasteiger partial charge in [-0.25, -0.2) is 4.79 Å². The monoisotopic (exact) mass is 279 g/mol. The minimum Gasteiger partial charge on any atom is -0.491 e. The van der Waals surface area contributed by atoms with Crippen LogP contribution in [0.3, 0.4) is 0 Å². The summed E-state index contributed by atoms with van der Waals surface area (Å²) in [6.45, 7) is 1.12. The summed E-state index contributed by atoms with van der Waals surface area (Å²) in [7, 11) is 1.34. The van der Waals surface area contributed by atoms with E-state index in [9.17, 15) is 4.79 Å². The predicted octanol–water partition coefficient (Wildman–Crippen LogP) is 1.34. The molecule has 0 saturated heterocycles. The highest BCUT2D eigenvalue weighted by Gasteiger charge is 2.09. The first-order chi connectivity index (χ1) is 9.74. The number of carbonyl (C=O) groups is 1. The van der Waals surface area contributed by atoms with E-state index in [1.807, 2.05) is 18.2 Å². The van der Waals surface area contributed by atoms with E-state index in [1.165, 1.54) is 7.11 Å². The number of rotatable bonds is 7. The lowest BCUT2D eigenvalue weighted by molar-refractivity contribution is 0.0595. The van der Waals surface area contributed by atoms with Gasteiger partial charge in [0.1, 0.15) is 18.1 Å². The Morgan fingerprint density at radius 2 is 2.10 bits per heavy atom. The van der Waals surface area contributed by atoms with Crippen molar-refractivity contribution in [2.45, 2.75) is 0 Å². The number of aliphatic hydroxyl groups excluding tert-OH is 1. The molecule has 0 bridgehead atoms. The third-order valence-electron chi connectivity index (χ3n) is 2.73. The van der Waals surface area contributed by atoms with Crippen molar-refractivity contribution in [2.75, 3.05) is 33.5 Å². The van der Waals surface area contributed by atoms with Crippen LogP contribution in [0, 0.1) is 0 Å². The molecule has 1 aromatic heterocycles. The van der Waals surface area contributed by atoms with Gasteiger partial charge in [-0.3, -0.25) is 0 Å². The first-order valence-corrected chi connectivity index (χ1v) is 6.27. The van der Waals surface area contributed by atoms with Crippen LogP contribution in [-0.2, 0) is 9.47 Å². The minimum absolute atomic E-state index is 0.00470. The third kappa shape index (κ3) is 3.49. The number of ether oxygens (including phenoxy) is 3. The second kappa shape index (κ2) is 6.93. The van der Waals surface area contributed by atoms with Crippen LogP contribution in [0.5, 0.6) is 5.75 Å². The Labute approximate surface area is 116 Å². The first-order valence-electron chi connectivity index (χ1n) is 6.27. The molecule has 6 nitrogen and oxygen atoms in total. The molecule has 6 heteroatoms. The van der Waals surface area contributed by atoms with Crippen molar-refractivity contribution in [2.24, 2.45) is 0 Å². The average molecular weight is 279 g/mol. The van der Waals surface area contributed by atoms with Crippen LogP contribution in [0.15, 0.2) is 24.3 Å². The van der Waals surface area contributed by atoms with Gasteiger partial charge in [-0.2, -0.15) is 0 Å². The fourth-order valence-electron chi connectivity index (χ4n) is 1.80. The third-order valence-corrected chi connectivity index (χ3v) is 2.73. The summed E-state index contributed by atoms with van der Waals surface area (Å²) in [4.78, 5) is 14.4. The summed E-state index contributed by atoms with van der Waals surface area (Å²) in [5, 5.41) is 9.47. The highest BCUT2D eigenvalue weighted by atomic mass is 16.5. The average Bonchev–Trinajstić information content (AvgIpc) is 2.89. The van der Waals surface area contributed by atoms with E-state index in [2.05, 4.69) is 9.72 Å². The summed E-state index contributed by atoms with van der Waals surface area (Å²) in [5.41, 5.74) is 1.21. The van der Waals surface area contributed by atoms with E-state index in [0.717, 1.165) is 10.9 Å². The number of methoxy groups -OCH3 is 1. The molecule has 1 aromatic carbocycles. The molecule has 0 amide bonds. The molecule has 0 aliphatic rings. The lowest BCUT2D eigenvalue weighted by atomic mass is 10.2. The van der Waals surface area contributed by atoms with Gasteiger partial charge >= 0.3 is 5.97 Å². The van der Waals surface area contributed by atoms with Crippen molar-refractivity contribution in [3.63, 3.8) is 0 Å². The van der Waals surface area contributed by atoms with Gasteiger partial charge in [0.15, 0.2) is 0 Å². The molecular formula is C14H17NO5. The van der Waals surface area contributed by atoms with E-state index >= 15 is 0 Å². The SMILES string of the molecule is COC(=O)c1cc2ccc(OCCOCCO)cc2[nH]1. The van der Waals surface area contributed by atoms with E-state index in [1.54, 1.807) is 6.07 Å². The standard InChI is InChI=1S/C14H17NO5/c1-18-14(17)13-8-10-2-3-11(9-12(10)15-13)20-7-6-19-5-4-16/h2-3,8-9,15-16H,4-7H2,1H3. The minimum atomic E-state index is -0.402. The van der Waals surface area contributed by atoms with Gasteiger partial charge in [-0.1, -0.05) is 0 Å². The number of hydrogen-bond donors (Lipinski definition) is 2. The number of H-pyrrole nitrogens is 1. The molecule has 0 radical (unpaired) electrons. The van der Waals surface area contributed by atoms with Crippen molar-refractivity contribution in [3.8, 4) is 5.75 Å². The van der Waals surface area contributed by atoms with Crippen molar-refractivity contribution >= 4 is 16.9 Å². The number of fused-ring (bicyclic) bond motifs is 1. The van der Waals surface area contributed by atoms with E-state index in [0.29, 0.717) is 31.3 Å². The Morgan fingerprint density at radius 1 is 1.25 bits per heavy atom. The zero-order chi connectivity index (χ0) is 14.4. The Bertz CT molecular complexity index is 578. The largest absolute Gasteiger partial charge is 0.491 e. The zero-order valence-electron chi connectivity index (χ0n) is 11.2. The number of nitrogens with one attached hydrogen (secondary N) is 1. The molecule has 0 aliphatic carbocycles. The zero-order valence-corrected chi connectivity index (χ0v) is 11.2. The van der Waals surface area contributed by atoms with Crippen molar-refractivity contribution in [1.82, 2.24) is 4.98 Å². The lowest BCUT2D eigenvalue weighted by Crippen LogP contribution is -2.09. The van der Waals surface area contributed by atoms with E-state index in [-0.39, 0.29) is 6.61 Å². The Kier molecular flexibility index (Phi) is 4.97. The van der Waals surface area contributed by atoms with Gasteiger partial charge in [-0.05, 0) is 18.2 Å². The fourth-order valence-corrected chi connectivity index (χ4v) is 1.80. The summed E-state index contributed by atoms with van der Waals surface area (Å²) in [5.74, 6) is 0.282. The molecule has 2 rings (SSSR count). The molecule has 0 aliphatic heterocycles. The second-order valence-electron chi connectivity index (χ2n) is 4.11. The van der Waals surface area contributed by atoms with Gasteiger partial charge in [0.25, 0.3) is 0 Å². The quantitative estimate of drug-likeness (QED) is 0.590. The molecule has 0 unspecified atom stereocenters. The maximum absolute atomic E-state index is 11.4. The molecule has 2 aromatic rings. The van der Waals surface area contributed by atoms with Crippen LogP contribution in [0.25, 0.3) is 10.9 Å². The van der Waals surface area contributed by atoms with Gasteiger partial charge in [-0.15, -0.1) is 0 Å². The number of benzene rings is 1. The molecule has 108 valence electrons. The molecule has 1 heterocycles. The van der Waals surface area contributed by atoms with E-state index < -0.39 is 5.97 Å². The maximum Gasteiger partial charge on any atom is 0.354 e. The summed E-state index contributed by atoms with van der Waals surface area (Å²) in [6.07, 6.45) is 0. The lowest BCUT2D eigenvalue weighted by Gasteiger charge is -2.06. The topological polar surface area (TPSA) is 80.8 Å². The van der Waals surface area contributed by atoms with Crippen LogP contribution < -0.4 is 4.74 Å². The summed E-state index contributed by atoms with van der Waals surface area (Å²) < 4.78 is 15.3. The summed E-state index contributed by atoms with van der Waals surface area (Å²) in [6, 6.07) is 7.23. The highest BCUT2D eigenvalue weighted by Crippen LogP contribution is 2.21. The van der Waals surface area contributed by atoms with Crippen molar-refractivity contribution < 1.29 is 24.1 Å².